The van der Waals surface area contributed by atoms with Gasteiger partial charge in [0.2, 0.25) is 0 Å². The number of rotatable bonds is 3. The summed E-state index contributed by atoms with van der Waals surface area (Å²) in [5.74, 6) is 0. The van der Waals surface area contributed by atoms with Gasteiger partial charge in [0.25, 0.3) is 0 Å². The minimum atomic E-state index is -0.158. The standard InChI is InChI=1S/C57H46N2/c1-55(2)45-18-10-7-15-39(45)41-29-28-38(32-48(41)55)59-51-21-13-9-17-42(51)44-31-36(25-30-52(44)59)35-23-26-37(27-24-35)58-53-22-14-12-20-47(53)57(5,6)50-33-43-40-16-8-11-19-46(40)56(3,4)49(43)34-54(50)58/h7-34H,1-6H3. The molecule has 0 unspecified atom stereocenters. The molecule has 0 saturated heterocycles. The number of aromatic nitrogens is 1. The summed E-state index contributed by atoms with van der Waals surface area (Å²) >= 11 is 0. The van der Waals surface area contributed by atoms with Gasteiger partial charge in [0.05, 0.1) is 22.4 Å². The number of fused-ring (bicyclic) bond motifs is 11. The smallest absolute Gasteiger partial charge is 0.0541 e. The predicted octanol–water partition coefficient (Wildman–Crippen LogP) is 15.2. The highest BCUT2D eigenvalue weighted by Gasteiger charge is 2.42. The third kappa shape index (κ3) is 4.58. The molecule has 0 spiro atoms. The van der Waals surface area contributed by atoms with E-state index in [9.17, 15) is 0 Å². The van der Waals surface area contributed by atoms with Gasteiger partial charge < -0.3 is 9.47 Å². The van der Waals surface area contributed by atoms with Gasteiger partial charge in [-0.25, -0.2) is 0 Å². The molecule has 3 aliphatic rings. The van der Waals surface area contributed by atoms with E-state index in [2.05, 4.69) is 221 Å². The molecule has 0 N–H and O–H groups in total. The molecule has 2 nitrogen and oxygen atoms in total. The van der Waals surface area contributed by atoms with Gasteiger partial charge in [-0.2, -0.15) is 0 Å². The van der Waals surface area contributed by atoms with E-state index in [-0.39, 0.29) is 16.2 Å². The second kappa shape index (κ2) is 11.7. The minimum Gasteiger partial charge on any atom is -0.310 e. The summed E-state index contributed by atoms with van der Waals surface area (Å²) in [5.41, 5.74) is 23.2. The maximum Gasteiger partial charge on any atom is 0.0541 e. The highest BCUT2D eigenvalue weighted by Crippen LogP contribution is 2.57. The van der Waals surface area contributed by atoms with Crippen LogP contribution >= 0.6 is 0 Å². The Morgan fingerprint density at radius 2 is 0.864 bits per heavy atom. The summed E-state index contributed by atoms with van der Waals surface area (Å²) in [6, 6.07) is 64.1. The highest BCUT2D eigenvalue weighted by atomic mass is 15.2. The fourth-order valence-corrected chi connectivity index (χ4v) is 11.2. The molecule has 2 aliphatic carbocycles. The van der Waals surface area contributed by atoms with Crippen LogP contribution in [0, 0.1) is 0 Å². The zero-order chi connectivity index (χ0) is 40.0. The molecule has 1 aromatic heterocycles. The van der Waals surface area contributed by atoms with E-state index >= 15 is 0 Å². The van der Waals surface area contributed by atoms with Crippen LogP contribution in [-0.4, -0.2) is 4.57 Å². The van der Waals surface area contributed by atoms with Crippen molar-refractivity contribution in [1.29, 1.82) is 0 Å². The first kappa shape index (κ1) is 34.4. The molecule has 2 heterocycles. The van der Waals surface area contributed by atoms with Crippen molar-refractivity contribution in [2.24, 2.45) is 0 Å². The average Bonchev–Trinajstić information content (AvgIpc) is 3.80. The number of hydrogen-bond acceptors (Lipinski definition) is 1. The number of benzene rings is 8. The van der Waals surface area contributed by atoms with Crippen molar-refractivity contribution in [3.05, 3.63) is 203 Å². The van der Waals surface area contributed by atoms with Crippen molar-refractivity contribution in [2.45, 2.75) is 57.8 Å². The van der Waals surface area contributed by atoms with Crippen LogP contribution in [-0.2, 0) is 16.2 Å². The van der Waals surface area contributed by atoms with Gasteiger partial charge in [-0.1, -0.05) is 151 Å². The Morgan fingerprint density at radius 3 is 1.61 bits per heavy atom. The van der Waals surface area contributed by atoms with Gasteiger partial charge in [0, 0.05) is 38.4 Å². The SMILES string of the molecule is CC1(C)c2ccccc2-c2ccc(-n3c4ccccc4c4cc(-c5ccc(N6c7ccccc7C(C)(C)c7cc8c(cc76)C(C)(C)c6ccccc6-8)cc5)ccc43)cc21. The Labute approximate surface area is 347 Å². The molecule has 12 rings (SSSR count). The molecule has 0 atom stereocenters. The van der Waals surface area contributed by atoms with Crippen LogP contribution in [0.25, 0.3) is 60.9 Å². The van der Waals surface area contributed by atoms with Crippen LogP contribution < -0.4 is 4.90 Å². The molecule has 0 amide bonds. The third-order valence-electron chi connectivity index (χ3n) is 14.4. The molecular formula is C57H46N2. The normalized spacial score (nSPS) is 16.0. The quantitative estimate of drug-likeness (QED) is 0.174. The van der Waals surface area contributed by atoms with Gasteiger partial charge in [-0.15, -0.1) is 0 Å². The maximum atomic E-state index is 2.51. The Morgan fingerprint density at radius 1 is 0.322 bits per heavy atom. The van der Waals surface area contributed by atoms with Gasteiger partial charge >= 0.3 is 0 Å². The van der Waals surface area contributed by atoms with E-state index in [0.717, 1.165) is 0 Å². The molecule has 0 radical (unpaired) electrons. The Kier molecular flexibility index (Phi) is 6.84. The van der Waals surface area contributed by atoms with Gasteiger partial charge in [-0.05, 0) is 127 Å². The van der Waals surface area contributed by atoms with Crippen molar-refractivity contribution in [3.63, 3.8) is 0 Å². The molecule has 0 fully saturated rings. The number of anilines is 3. The lowest BCUT2D eigenvalue weighted by Gasteiger charge is -2.43. The minimum absolute atomic E-state index is 0.0585. The van der Waals surface area contributed by atoms with Crippen molar-refractivity contribution in [3.8, 4) is 39.1 Å². The first-order chi connectivity index (χ1) is 28.5. The molecule has 9 aromatic rings. The zero-order valence-corrected chi connectivity index (χ0v) is 34.6. The average molecular weight is 759 g/mol. The van der Waals surface area contributed by atoms with E-state index < -0.39 is 0 Å². The summed E-state index contributed by atoms with van der Waals surface area (Å²) < 4.78 is 2.46. The largest absolute Gasteiger partial charge is 0.310 e. The number of hydrogen-bond donors (Lipinski definition) is 0. The molecule has 8 aromatic carbocycles. The van der Waals surface area contributed by atoms with Crippen LogP contribution in [0.5, 0.6) is 0 Å². The monoisotopic (exact) mass is 758 g/mol. The topological polar surface area (TPSA) is 8.17 Å². The van der Waals surface area contributed by atoms with Crippen LogP contribution in [0.15, 0.2) is 170 Å². The van der Waals surface area contributed by atoms with Crippen molar-refractivity contribution < 1.29 is 0 Å². The molecule has 0 bridgehead atoms. The molecule has 2 heteroatoms. The van der Waals surface area contributed by atoms with Crippen LogP contribution in [0.4, 0.5) is 17.1 Å². The first-order valence-electron chi connectivity index (χ1n) is 21.1. The van der Waals surface area contributed by atoms with E-state index in [1.165, 1.54) is 111 Å². The van der Waals surface area contributed by atoms with E-state index in [1.54, 1.807) is 0 Å². The molecule has 59 heavy (non-hydrogen) atoms. The lowest BCUT2D eigenvalue weighted by atomic mass is 9.72. The van der Waals surface area contributed by atoms with Gasteiger partial charge in [0.1, 0.15) is 0 Å². The van der Waals surface area contributed by atoms with Crippen LogP contribution in [0.3, 0.4) is 0 Å². The van der Waals surface area contributed by atoms with Crippen molar-refractivity contribution >= 4 is 38.9 Å². The Hall–Kier alpha value is -6.64. The summed E-state index contributed by atoms with van der Waals surface area (Å²) in [5, 5.41) is 2.54. The molecular weight excluding hydrogens is 713 g/mol. The predicted molar refractivity (Wildman–Crippen MR) is 248 cm³/mol. The second-order valence-electron chi connectivity index (χ2n) is 18.6. The summed E-state index contributed by atoms with van der Waals surface area (Å²) in [6.07, 6.45) is 0. The highest BCUT2D eigenvalue weighted by molar-refractivity contribution is 6.10. The van der Waals surface area contributed by atoms with E-state index in [4.69, 9.17) is 0 Å². The van der Waals surface area contributed by atoms with Gasteiger partial charge in [-0.3, -0.25) is 0 Å². The van der Waals surface area contributed by atoms with E-state index in [1.807, 2.05) is 0 Å². The lowest BCUT2D eigenvalue weighted by Crippen LogP contribution is -2.31. The molecule has 0 saturated carbocycles. The number of para-hydroxylation sites is 2. The van der Waals surface area contributed by atoms with Crippen LogP contribution in [0.1, 0.15) is 74.9 Å². The fraction of sp³-hybridized carbons (Fsp3) is 0.158. The first-order valence-corrected chi connectivity index (χ1v) is 21.1. The Balaban J connectivity index is 0.964. The third-order valence-corrected chi connectivity index (χ3v) is 14.4. The summed E-state index contributed by atoms with van der Waals surface area (Å²) in [6.45, 7) is 14.3. The second-order valence-corrected chi connectivity index (χ2v) is 18.6. The Bertz CT molecular complexity index is 3240. The number of nitrogens with zero attached hydrogens (tertiary/aromatic N) is 2. The van der Waals surface area contributed by atoms with Crippen molar-refractivity contribution in [2.75, 3.05) is 4.90 Å². The molecule has 1 aliphatic heterocycles. The van der Waals surface area contributed by atoms with Gasteiger partial charge in [0.15, 0.2) is 0 Å². The summed E-state index contributed by atoms with van der Waals surface area (Å²) in [4.78, 5) is 2.51. The van der Waals surface area contributed by atoms with Crippen LogP contribution in [0.2, 0.25) is 0 Å². The maximum absolute atomic E-state index is 2.51. The summed E-state index contributed by atoms with van der Waals surface area (Å²) in [7, 11) is 0. The fourth-order valence-electron chi connectivity index (χ4n) is 11.2. The van der Waals surface area contributed by atoms with E-state index in [0.29, 0.717) is 0 Å². The zero-order valence-electron chi connectivity index (χ0n) is 34.6. The van der Waals surface area contributed by atoms with Crippen molar-refractivity contribution in [1.82, 2.24) is 4.57 Å². The molecule has 284 valence electrons. The lowest BCUT2D eigenvalue weighted by molar-refractivity contribution is 0.627.